The Morgan fingerprint density at radius 3 is 3.11 bits per heavy atom. The van der Waals surface area contributed by atoms with Gasteiger partial charge < -0.3 is 5.73 Å². The average molecular weight is 242 g/mol. The molecule has 1 aromatic carbocycles. The van der Waals surface area contributed by atoms with E-state index in [1.807, 2.05) is 6.07 Å². The summed E-state index contributed by atoms with van der Waals surface area (Å²) in [5.74, 6) is 6.01. The maximum absolute atomic E-state index is 5.40. The molecule has 2 nitrogen and oxygen atoms in total. The summed E-state index contributed by atoms with van der Waals surface area (Å²) in [5.41, 5.74) is 7.84. The van der Waals surface area contributed by atoms with Crippen LogP contribution in [0.1, 0.15) is 37.3 Å². The molecule has 1 aromatic rings. The number of nitrogens with zero attached hydrogens (tertiary/aromatic N) is 1. The fourth-order valence-corrected chi connectivity index (χ4v) is 2.70. The molecule has 2 rings (SSSR count). The number of rotatable bonds is 3. The number of hydrogen-bond donors (Lipinski definition) is 1. The molecule has 1 saturated heterocycles. The van der Waals surface area contributed by atoms with Crippen molar-refractivity contribution >= 4 is 0 Å². The Morgan fingerprint density at radius 2 is 2.33 bits per heavy atom. The van der Waals surface area contributed by atoms with Crippen LogP contribution in [0.2, 0.25) is 0 Å². The van der Waals surface area contributed by atoms with E-state index >= 15 is 0 Å². The van der Waals surface area contributed by atoms with Crippen LogP contribution in [0.5, 0.6) is 0 Å². The Morgan fingerprint density at radius 1 is 1.44 bits per heavy atom. The van der Waals surface area contributed by atoms with Crippen LogP contribution in [0.15, 0.2) is 24.3 Å². The van der Waals surface area contributed by atoms with Crippen LogP contribution >= 0.6 is 0 Å². The standard InChI is InChI=1S/C16H22N2/c1-2-16-9-5-11-18(16)13-15-7-3-6-14(12-15)8-4-10-17/h3,6-7,12,16H,2,5,9-11,13,17H2,1H3. The first-order valence-corrected chi connectivity index (χ1v) is 6.85. The smallest absolute Gasteiger partial charge is 0.0555 e. The van der Waals surface area contributed by atoms with E-state index in [0.29, 0.717) is 6.54 Å². The highest BCUT2D eigenvalue weighted by Crippen LogP contribution is 2.22. The van der Waals surface area contributed by atoms with E-state index in [1.165, 1.54) is 31.4 Å². The first-order chi connectivity index (χ1) is 8.83. The van der Waals surface area contributed by atoms with E-state index < -0.39 is 0 Å². The summed E-state index contributed by atoms with van der Waals surface area (Å²) < 4.78 is 0. The van der Waals surface area contributed by atoms with Crippen molar-refractivity contribution in [2.75, 3.05) is 13.1 Å². The van der Waals surface area contributed by atoms with Crippen LogP contribution in [0.3, 0.4) is 0 Å². The molecule has 0 spiro atoms. The summed E-state index contributed by atoms with van der Waals surface area (Å²) in [6.07, 6.45) is 3.95. The highest BCUT2D eigenvalue weighted by molar-refractivity contribution is 5.37. The summed E-state index contributed by atoms with van der Waals surface area (Å²) in [4.78, 5) is 2.59. The predicted molar refractivity (Wildman–Crippen MR) is 76.1 cm³/mol. The van der Waals surface area contributed by atoms with Crippen LogP contribution in [0.25, 0.3) is 0 Å². The van der Waals surface area contributed by atoms with Crippen molar-refractivity contribution < 1.29 is 0 Å². The minimum absolute atomic E-state index is 0.425. The third-order valence-electron chi connectivity index (χ3n) is 3.62. The molecule has 1 aliphatic heterocycles. The molecular formula is C16H22N2. The average Bonchev–Trinajstić information content (AvgIpc) is 2.84. The topological polar surface area (TPSA) is 29.3 Å². The molecular weight excluding hydrogens is 220 g/mol. The first kappa shape index (κ1) is 13.1. The van der Waals surface area contributed by atoms with Crippen molar-refractivity contribution in [2.24, 2.45) is 5.73 Å². The lowest BCUT2D eigenvalue weighted by Gasteiger charge is -2.23. The summed E-state index contributed by atoms with van der Waals surface area (Å²) in [7, 11) is 0. The third-order valence-corrected chi connectivity index (χ3v) is 3.62. The predicted octanol–water partition coefficient (Wildman–Crippen LogP) is 2.37. The molecule has 1 unspecified atom stereocenters. The lowest BCUT2D eigenvalue weighted by Crippen LogP contribution is -2.28. The lowest BCUT2D eigenvalue weighted by atomic mass is 10.1. The van der Waals surface area contributed by atoms with Crippen LogP contribution < -0.4 is 5.73 Å². The van der Waals surface area contributed by atoms with E-state index in [9.17, 15) is 0 Å². The zero-order valence-electron chi connectivity index (χ0n) is 11.2. The zero-order valence-corrected chi connectivity index (χ0v) is 11.2. The fourth-order valence-electron chi connectivity index (χ4n) is 2.70. The molecule has 1 atom stereocenters. The van der Waals surface area contributed by atoms with E-state index in [-0.39, 0.29) is 0 Å². The maximum atomic E-state index is 5.40. The van der Waals surface area contributed by atoms with Gasteiger partial charge in [0, 0.05) is 18.2 Å². The van der Waals surface area contributed by atoms with Crippen LogP contribution in [-0.2, 0) is 6.54 Å². The molecule has 96 valence electrons. The minimum atomic E-state index is 0.425. The summed E-state index contributed by atoms with van der Waals surface area (Å²) >= 11 is 0. The van der Waals surface area contributed by atoms with Gasteiger partial charge in [0.15, 0.2) is 0 Å². The first-order valence-electron chi connectivity index (χ1n) is 6.85. The van der Waals surface area contributed by atoms with E-state index in [1.54, 1.807) is 0 Å². The maximum Gasteiger partial charge on any atom is 0.0555 e. The van der Waals surface area contributed by atoms with Gasteiger partial charge in [-0.1, -0.05) is 30.9 Å². The van der Waals surface area contributed by atoms with E-state index in [4.69, 9.17) is 5.73 Å². The van der Waals surface area contributed by atoms with Gasteiger partial charge in [-0.25, -0.2) is 0 Å². The molecule has 0 amide bonds. The fraction of sp³-hybridized carbons (Fsp3) is 0.500. The van der Waals surface area contributed by atoms with Crippen molar-refractivity contribution in [3.05, 3.63) is 35.4 Å². The molecule has 0 bridgehead atoms. The Balaban J connectivity index is 2.05. The van der Waals surface area contributed by atoms with Gasteiger partial charge in [-0.2, -0.15) is 0 Å². The summed E-state index contributed by atoms with van der Waals surface area (Å²) in [6.45, 7) is 4.99. The number of likely N-dealkylation sites (tertiary alicyclic amines) is 1. The summed E-state index contributed by atoms with van der Waals surface area (Å²) in [6, 6.07) is 9.29. The van der Waals surface area contributed by atoms with Crippen molar-refractivity contribution in [2.45, 2.75) is 38.8 Å². The SMILES string of the molecule is CCC1CCCN1Cc1cccc(C#CCN)c1. The Kier molecular flexibility index (Phi) is 4.81. The van der Waals surface area contributed by atoms with Gasteiger partial charge in [0.25, 0.3) is 0 Å². The second-order valence-electron chi connectivity index (χ2n) is 4.88. The van der Waals surface area contributed by atoms with Crippen molar-refractivity contribution in [3.8, 4) is 11.8 Å². The lowest BCUT2D eigenvalue weighted by molar-refractivity contribution is 0.240. The second kappa shape index (κ2) is 6.58. The van der Waals surface area contributed by atoms with E-state index in [0.717, 1.165) is 18.2 Å². The van der Waals surface area contributed by atoms with Gasteiger partial charge in [0.2, 0.25) is 0 Å². The van der Waals surface area contributed by atoms with Crippen LogP contribution in [0.4, 0.5) is 0 Å². The molecule has 18 heavy (non-hydrogen) atoms. The van der Waals surface area contributed by atoms with Gasteiger partial charge >= 0.3 is 0 Å². The second-order valence-corrected chi connectivity index (χ2v) is 4.88. The quantitative estimate of drug-likeness (QED) is 0.825. The molecule has 0 aromatic heterocycles. The number of nitrogens with two attached hydrogens (primary N) is 1. The molecule has 1 heterocycles. The van der Waals surface area contributed by atoms with Crippen molar-refractivity contribution in [1.29, 1.82) is 0 Å². The van der Waals surface area contributed by atoms with Crippen molar-refractivity contribution in [1.82, 2.24) is 4.90 Å². The Labute approximate surface area is 110 Å². The highest BCUT2D eigenvalue weighted by atomic mass is 15.2. The van der Waals surface area contributed by atoms with E-state index in [2.05, 4.69) is 41.9 Å². The zero-order chi connectivity index (χ0) is 12.8. The normalized spacial score (nSPS) is 19.6. The van der Waals surface area contributed by atoms with Crippen molar-refractivity contribution in [3.63, 3.8) is 0 Å². The van der Waals surface area contributed by atoms with Gasteiger partial charge in [-0.05, 0) is 43.5 Å². The minimum Gasteiger partial charge on any atom is -0.320 e. The van der Waals surface area contributed by atoms with Crippen LogP contribution in [0, 0.1) is 11.8 Å². The molecule has 0 aliphatic carbocycles. The summed E-state index contributed by atoms with van der Waals surface area (Å²) in [5, 5.41) is 0. The highest BCUT2D eigenvalue weighted by Gasteiger charge is 2.22. The number of hydrogen-bond acceptors (Lipinski definition) is 2. The Bertz CT molecular complexity index is 442. The molecule has 2 heteroatoms. The molecule has 1 aliphatic rings. The van der Waals surface area contributed by atoms with Gasteiger partial charge in [0.05, 0.1) is 6.54 Å². The molecule has 2 N–H and O–H groups in total. The molecule has 0 radical (unpaired) electrons. The van der Waals surface area contributed by atoms with Gasteiger partial charge in [0.1, 0.15) is 0 Å². The molecule has 0 saturated carbocycles. The number of benzene rings is 1. The van der Waals surface area contributed by atoms with Gasteiger partial charge in [-0.15, -0.1) is 0 Å². The third kappa shape index (κ3) is 3.35. The monoisotopic (exact) mass is 242 g/mol. The largest absolute Gasteiger partial charge is 0.320 e. The molecule has 1 fully saturated rings. The van der Waals surface area contributed by atoms with Gasteiger partial charge in [-0.3, -0.25) is 4.90 Å². The Hall–Kier alpha value is -1.30. The van der Waals surface area contributed by atoms with Crippen LogP contribution in [-0.4, -0.2) is 24.0 Å².